The molecular weight excluding hydrogens is 428 g/mol. The highest BCUT2D eigenvalue weighted by Gasteiger charge is 2.16. The summed E-state index contributed by atoms with van der Waals surface area (Å²) >= 11 is 3.42. The van der Waals surface area contributed by atoms with Crippen LogP contribution >= 0.6 is 15.9 Å². The molecule has 28 heavy (non-hydrogen) atoms. The van der Waals surface area contributed by atoms with Gasteiger partial charge in [0.15, 0.2) is 11.2 Å². The molecule has 0 bridgehead atoms. The quantitative estimate of drug-likeness (QED) is 0.426. The Morgan fingerprint density at radius 3 is 2.89 bits per heavy atom. The van der Waals surface area contributed by atoms with Gasteiger partial charge in [-0.15, -0.1) is 0 Å². The van der Waals surface area contributed by atoms with Crippen LogP contribution in [0.2, 0.25) is 0 Å². The van der Waals surface area contributed by atoms with Crippen LogP contribution in [0.15, 0.2) is 37.4 Å². The molecule has 9 nitrogen and oxygen atoms in total. The van der Waals surface area contributed by atoms with Crippen molar-refractivity contribution in [3.05, 3.63) is 49.1 Å². The van der Waals surface area contributed by atoms with E-state index >= 15 is 0 Å². The first-order valence-corrected chi connectivity index (χ1v) is 9.57. The van der Waals surface area contributed by atoms with Crippen molar-refractivity contribution in [3.63, 3.8) is 0 Å². The predicted octanol–water partition coefficient (Wildman–Crippen LogP) is 2.44. The molecule has 0 spiro atoms. The van der Waals surface area contributed by atoms with E-state index in [4.69, 9.17) is 4.74 Å². The third kappa shape index (κ3) is 3.86. The maximum absolute atomic E-state index is 12.3. The Balaban J connectivity index is 2.02. The molecule has 0 saturated heterocycles. The first kappa shape index (κ1) is 19.9. The number of nitrogens with zero attached hydrogens (tertiary/aromatic N) is 4. The van der Waals surface area contributed by atoms with Gasteiger partial charge in [0.1, 0.15) is 5.75 Å². The smallest absolute Gasteiger partial charge is 0.329 e. The Kier molecular flexibility index (Phi) is 5.98. The van der Waals surface area contributed by atoms with Gasteiger partial charge >= 0.3 is 5.69 Å². The Labute approximate surface area is 169 Å². The van der Waals surface area contributed by atoms with Gasteiger partial charge in [0.05, 0.1) is 13.3 Å². The number of halogens is 1. The fourth-order valence-corrected chi connectivity index (χ4v) is 3.20. The van der Waals surface area contributed by atoms with Gasteiger partial charge < -0.3 is 9.30 Å². The third-order valence-electron chi connectivity index (χ3n) is 4.30. The van der Waals surface area contributed by atoms with Crippen molar-refractivity contribution in [2.75, 3.05) is 12.5 Å². The molecule has 1 aromatic carbocycles. The maximum Gasteiger partial charge on any atom is 0.329 e. The summed E-state index contributed by atoms with van der Waals surface area (Å²) in [5, 5.41) is 4.25. The lowest BCUT2D eigenvalue weighted by molar-refractivity contribution is 0.414. The molecule has 0 amide bonds. The molecule has 0 aliphatic rings. The van der Waals surface area contributed by atoms with Gasteiger partial charge in [0.25, 0.3) is 5.56 Å². The van der Waals surface area contributed by atoms with E-state index in [2.05, 4.69) is 43.3 Å². The summed E-state index contributed by atoms with van der Waals surface area (Å²) in [6, 6.07) is 5.58. The summed E-state index contributed by atoms with van der Waals surface area (Å²) in [7, 11) is 3.15. The Morgan fingerprint density at radius 2 is 2.18 bits per heavy atom. The molecule has 3 aromatic rings. The highest BCUT2D eigenvalue weighted by atomic mass is 79.9. The number of anilines is 1. The molecule has 148 valence electrons. The minimum Gasteiger partial charge on any atom is -0.496 e. The molecule has 0 fully saturated rings. The van der Waals surface area contributed by atoms with Gasteiger partial charge in [-0.2, -0.15) is 10.1 Å². The van der Waals surface area contributed by atoms with Crippen LogP contribution in [0, 0.1) is 0 Å². The van der Waals surface area contributed by atoms with E-state index < -0.39 is 11.2 Å². The van der Waals surface area contributed by atoms with Crippen LogP contribution < -0.4 is 21.4 Å². The zero-order valence-corrected chi connectivity index (χ0v) is 17.4. The van der Waals surface area contributed by atoms with E-state index in [0.717, 1.165) is 22.9 Å². The highest BCUT2D eigenvalue weighted by Crippen LogP contribution is 2.21. The average molecular weight is 449 g/mol. The van der Waals surface area contributed by atoms with E-state index in [9.17, 15) is 9.59 Å². The van der Waals surface area contributed by atoms with Crippen LogP contribution in [0.4, 0.5) is 5.95 Å². The fourth-order valence-electron chi connectivity index (χ4n) is 2.82. The molecule has 0 unspecified atom stereocenters. The number of fused-ring (bicyclic) bond motifs is 1. The molecule has 2 aromatic heterocycles. The maximum atomic E-state index is 12.3. The fraction of sp³-hybridized carbons (Fsp3) is 0.333. The minimum absolute atomic E-state index is 0.308. The van der Waals surface area contributed by atoms with Crippen LogP contribution in [-0.4, -0.2) is 32.4 Å². The molecule has 0 saturated carbocycles. The van der Waals surface area contributed by atoms with Crippen molar-refractivity contribution in [2.45, 2.75) is 26.3 Å². The lowest BCUT2D eigenvalue weighted by atomic mass is 10.2. The molecule has 0 aliphatic carbocycles. The van der Waals surface area contributed by atoms with Crippen molar-refractivity contribution in [2.24, 2.45) is 12.1 Å². The molecule has 0 aliphatic heterocycles. The average Bonchev–Trinajstić information content (AvgIpc) is 3.04. The molecule has 10 heteroatoms. The highest BCUT2D eigenvalue weighted by molar-refractivity contribution is 9.10. The van der Waals surface area contributed by atoms with Crippen LogP contribution in [0.5, 0.6) is 5.75 Å². The van der Waals surface area contributed by atoms with Gasteiger partial charge in [0.2, 0.25) is 5.95 Å². The monoisotopic (exact) mass is 448 g/mol. The number of aromatic amines is 1. The summed E-state index contributed by atoms with van der Waals surface area (Å²) < 4.78 is 9.28. The number of ether oxygens (including phenoxy) is 1. The Bertz CT molecular complexity index is 1140. The SMILES string of the molecule is CCCCn1c(N/N=C\c2cc(Br)ccc2OC)nc2c1c(=O)[nH]c(=O)n2C. The number of methoxy groups -OCH3 is 1. The van der Waals surface area contributed by atoms with E-state index in [1.165, 1.54) is 4.57 Å². The van der Waals surface area contributed by atoms with E-state index in [0.29, 0.717) is 29.4 Å². The van der Waals surface area contributed by atoms with Gasteiger partial charge in [0, 0.05) is 23.6 Å². The summed E-state index contributed by atoms with van der Waals surface area (Å²) in [6.07, 6.45) is 3.41. The molecular formula is C18H21BrN6O3. The second-order valence-electron chi connectivity index (χ2n) is 6.19. The zero-order valence-electron chi connectivity index (χ0n) is 15.8. The number of imidazole rings is 1. The third-order valence-corrected chi connectivity index (χ3v) is 4.80. The number of benzene rings is 1. The second kappa shape index (κ2) is 8.42. The topological polar surface area (TPSA) is 106 Å². The minimum atomic E-state index is -0.508. The summed E-state index contributed by atoms with van der Waals surface area (Å²) in [6.45, 7) is 2.64. The van der Waals surface area contributed by atoms with Crippen LogP contribution in [0.1, 0.15) is 25.3 Å². The first-order valence-electron chi connectivity index (χ1n) is 8.78. The van der Waals surface area contributed by atoms with Gasteiger partial charge in [-0.3, -0.25) is 14.3 Å². The first-order chi connectivity index (χ1) is 13.5. The summed E-state index contributed by atoms with van der Waals surface area (Å²) in [5.41, 5.74) is 3.33. The van der Waals surface area contributed by atoms with Crippen LogP contribution in [0.3, 0.4) is 0 Å². The van der Waals surface area contributed by atoms with Crippen LogP contribution in [-0.2, 0) is 13.6 Å². The Hall–Kier alpha value is -2.88. The number of hydrogen-bond donors (Lipinski definition) is 2. The van der Waals surface area contributed by atoms with E-state index in [1.54, 1.807) is 24.9 Å². The molecule has 0 radical (unpaired) electrons. The number of hydrazone groups is 1. The van der Waals surface area contributed by atoms with Crippen molar-refractivity contribution < 1.29 is 4.74 Å². The number of hydrogen-bond acceptors (Lipinski definition) is 6. The number of aromatic nitrogens is 4. The van der Waals surface area contributed by atoms with E-state index in [1.807, 2.05) is 18.2 Å². The number of nitrogens with one attached hydrogen (secondary N) is 2. The Morgan fingerprint density at radius 1 is 1.39 bits per heavy atom. The second-order valence-corrected chi connectivity index (χ2v) is 7.10. The lowest BCUT2D eigenvalue weighted by Crippen LogP contribution is -2.29. The molecule has 0 atom stereocenters. The van der Waals surface area contributed by atoms with E-state index in [-0.39, 0.29) is 0 Å². The van der Waals surface area contributed by atoms with Crippen molar-refractivity contribution >= 4 is 39.3 Å². The predicted molar refractivity (Wildman–Crippen MR) is 112 cm³/mol. The van der Waals surface area contributed by atoms with Crippen molar-refractivity contribution in [1.82, 2.24) is 19.1 Å². The molecule has 2 heterocycles. The zero-order chi connectivity index (χ0) is 20.3. The number of H-pyrrole nitrogens is 1. The van der Waals surface area contributed by atoms with Crippen LogP contribution in [0.25, 0.3) is 11.2 Å². The lowest BCUT2D eigenvalue weighted by Gasteiger charge is -2.07. The van der Waals surface area contributed by atoms with Gasteiger partial charge in [-0.25, -0.2) is 10.2 Å². The number of unbranched alkanes of at least 4 members (excludes halogenated alkanes) is 1. The molecule has 3 rings (SSSR count). The largest absolute Gasteiger partial charge is 0.496 e. The molecule has 2 N–H and O–H groups in total. The summed E-state index contributed by atoms with van der Waals surface area (Å²) in [5.74, 6) is 1.06. The van der Waals surface area contributed by atoms with Gasteiger partial charge in [-0.05, 0) is 24.6 Å². The summed E-state index contributed by atoms with van der Waals surface area (Å²) in [4.78, 5) is 31.0. The van der Waals surface area contributed by atoms with Gasteiger partial charge in [-0.1, -0.05) is 29.3 Å². The number of rotatable bonds is 7. The van der Waals surface area contributed by atoms with Crippen molar-refractivity contribution in [3.8, 4) is 5.75 Å². The normalized spacial score (nSPS) is 11.4. The van der Waals surface area contributed by atoms with Crippen molar-refractivity contribution in [1.29, 1.82) is 0 Å². The standard InChI is InChI=1S/C18H21BrN6O3/c1-4-5-8-25-14-15(24(2)18(27)22-16(14)26)21-17(25)23-20-10-11-9-12(19)6-7-13(11)28-3/h6-7,9-10H,4-5,8H2,1-3H3,(H,21,23)(H,22,26,27)/b20-10-. The number of aryl methyl sites for hydroxylation is 2.